The number of nitrogens with one attached hydrogen (secondary N) is 1. The maximum absolute atomic E-state index is 6.11. The van der Waals surface area contributed by atoms with E-state index in [0.717, 1.165) is 17.1 Å². The fourth-order valence-electron chi connectivity index (χ4n) is 1.84. The van der Waals surface area contributed by atoms with E-state index in [1.165, 1.54) is 18.5 Å². The zero-order valence-electron chi connectivity index (χ0n) is 9.53. The summed E-state index contributed by atoms with van der Waals surface area (Å²) in [5, 5.41) is 4.04. The number of hydrogen-bond acceptors (Lipinski definition) is 4. The standard InChI is InChI=1S/C11H16ClN3S/c1-7(2)9-10(12)13-6-14-11(9)15-8-3-4-16-5-8/h6-8H,3-5H2,1-2H3,(H,13,14,15). The molecule has 1 aromatic rings. The van der Waals surface area contributed by atoms with Crippen molar-refractivity contribution in [1.82, 2.24) is 9.97 Å². The van der Waals surface area contributed by atoms with Gasteiger partial charge in [-0.05, 0) is 18.1 Å². The Kier molecular flexibility index (Phi) is 3.92. The largest absolute Gasteiger partial charge is 0.366 e. The Hall–Kier alpha value is -0.480. The molecule has 1 unspecified atom stereocenters. The van der Waals surface area contributed by atoms with Crippen molar-refractivity contribution in [3.05, 3.63) is 17.0 Å². The quantitative estimate of drug-likeness (QED) is 0.844. The van der Waals surface area contributed by atoms with Crippen LogP contribution < -0.4 is 5.32 Å². The summed E-state index contributed by atoms with van der Waals surface area (Å²) in [7, 11) is 0. The third-order valence-corrected chi connectivity index (χ3v) is 4.15. The number of aromatic nitrogens is 2. The highest BCUT2D eigenvalue weighted by Gasteiger charge is 2.19. The molecule has 88 valence electrons. The summed E-state index contributed by atoms with van der Waals surface area (Å²) >= 11 is 8.09. The van der Waals surface area contributed by atoms with Gasteiger partial charge in [-0.3, -0.25) is 0 Å². The van der Waals surface area contributed by atoms with Gasteiger partial charge in [-0.15, -0.1) is 0 Å². The first-order chi connectivity index (χ1) is 7.68. The molecule has 5 heteroatoms. The van der Waals surface area contributed by atoms with E-state index in [2.05, 4.69) is 29.1 Å². The highest BCUT2D eigenvalue weighted by atomic mass is 35.5. The first kappa shape index (κ1) is 12.0. The molecule has 1 aliphatic rings. The van der Waals surface area contributed by atoms with Gasteiger partial charge in [0.05, 0.1) is 0 Å². The Balaban J connectivity index is 2.21. The summed E-state index contributed by atoms with van der Waals surface area (Å²) in [5.41, 5.74) is 1.03. The lowest BCUT2D eigenvalue weighted by Gasteiger charge is -2.17. The van der Waals surface area contributed by atoms with Crippen LogP contribution in [0.1, 0.15) is 31.7 Å². The van der Waals surface area contributed by atoms with Crippen molar-refractivity contribution in [3.63, 3.8) is 0 Å². The number of thioether (sulfide) groups is 1. The van der Waals surface area contributed by atoms with Gasteiger partial charge in [0.2, 0.25) is 0 Å². The summed E-state index contributed by atoms with van der Waals surface area (Å²) in [4.78, 5) is 8.35. The Bertz CT molecular complexity index is 364. The van der Waals surface area contributed by atoms with Gasteiger partial charge in [-0.2, -0.15) is 11.8 Å². The van der Waals surface area contributed by atoms with Gasteiger partial charge in [0, 0.05) is 17.4 Å². The van der Waals surface area contributed by atoms with Crippen LogP contribution >= 0.6 is 23.4 Å². The van der Waals surface area contributed by atoms with Crippen LogP contribution in [0, 0.1) is 0 Å². The van der Waals surface area contributed by atoms with E-state index < -0.39 is 0 Å². The molecular weight excluding hydrogens is 242 g/mol. The van der Waals surface area contributed by atoms with Crippen molar-refractivity contribution in [2.24, 2.45) is 0 Å². The third-order valence-electron chi connectivity index (χ3n) is 2.68. The predicted octanol–water partition coefficient (Wildman–Crippen LogP) is 3.17. The molecule has 1 aromatic heterocycles. The summed E-state index contributed by atoms with van der Waals surface area (Å²) in [5.74, 6) is 3.62. The number of hydrogen-bond donors (Lipinski definition) is 1. The summed E-state index contributed by atoms with van der Waals surface area (Å²) in [6, 6.07) is 0.522. The topological polar surface area (TPSA) is 37.8 Å². The molecule has 0 aromatic carbocycles. The molecule has 3 nitrogen and oxygen atoms in total. The summed E-state index contributed by atoms with van der Waals surface area (Å²) < 4.78 is 0. The normalized spacial score (nSPS) is 20.4. The molecule has 16 heavy (non-hydrogen) atoms. The molecule has 1 atom stereocenters. The predicted molar refractivity (Wildman–Crippen MR) is 70.5 cm³/mol. The van der Waals surface area contributed by atoms with Crippen LogP contribution in [0.3, 0.4) is 0 Å². The molecule has 1 N–H and O–H groups in total. The minimum absolute atomic E-state index is 0.338. The van der Waals surface area contributed by atoms with Crippen LogP contribution in [0.4, 0.5) is 5.82 Å². The Morgan fingerprint density at radius 1 is 1.50 bits per heavy atom. The van der Waals surface area contributed by atoms with E-state index in [1.54, 1.807) is 0 Å². The molecule has 2 heterocycles. The Morgan fingerprint density at radius 2 is 2.31 bits per heavy atom. The molecule has 0 saturated carbocycles. The maximum atomic E-state index is 6.11. The van der Waals surface area contributed by atoms with Gasteiger partial charge in [-0.1, -0.05) is 25.4 Å². The van der Waals surface area contributed by atoms with Crippen molar-refractivity contribution >= 4 is 29.2 Å². The van der Waals surface area contributed by atoms with Gasteiger partial charge >= 0.3 is 0 Å². The summed E-state index contributed by atoms with van der Waals surface area (Å²) in [6.45, 7) is 4.22. The lowest BCUT2D eigenvalue weighted by atomic mass is 10.1. The van der Waals surface area contributed by atoms with Gasteiger partial charge in [0.1, 0.15) is 17.3 Å². The van der Waals surface area contributed by atoms with E-state index in [-0.39, 0.29) is 0 Å². The molecule has 0 bridgehead atoms. The lowest BCUT2D eigenvalue weighted by Crippen LogP contribution is -2.20. The van der Waals surface area contributed by atoms with Gasteiger partial charge < -0.3 is 5.32 Å². The number of halogens is 1. The monoisotopic (exact) mass is 257 g/mol. The summed E-state index contributed by atoms with van der Waals surface area (Å²) in [6.07, 6.45) is 2.72. The molecule has 2 rings (SSSR count). The maximum Gasteiger partial charge on any atom is 0.138 e. The third kappa shape index (κ3) is 2.61. The van der Waals surface area contributed by atoms with Crippen LogP contribution in [0.5, 0.6) is 0 Å². The van der Waals surface area contributed by atoms with Gasteiger partial charge in [-0.25, -0.2) is 9.97 Å². The average Bonchev–Trinajstić information content (AvgIpc) is 2.70. The second kappa shape index (κ2) is 5.23. The Labute approximate surface area is 105 Å². The molecule has 0 spiro atoms. The van der Waals surface area contributed by atoms with Crippen LogP contribution in [0.15, 0.2) is 6.33 Å². The highest BCUT2D eigenvalue weighted by Crippen LogP contribution is 2.30. The Morgan fingerprint density at radius 3 is 2.94 bits per heavy atom. The van der Waals surface area contributed by atoms with Crippen LogP contribution in [-0.4, -0.2) is 27.5 Å². The average molecular weight is 258 g/mol. The van der Waals surface area contributed by atoms with Crippen molar-refractivity contribution in [2.45, 2.75) is 32.2 Å². The van der Waals surface area contributed by atoms with Crippen molar-refractivity contribution < 1.29 is 0 Å². The van der Waals surface area contributed by atoms with Crippen molar-refractivity contribution in [3.8, 4) is 0 Å². The molecule has 1 aliphatic heterocycles. The number of anilines is 1. The zero-order chi connectivity index (χ0) is 11.5. The van der Waals surface area contributed by atoms with Crippen molar-refractivity contribution in [2.75, 3.05) is 16.8 Å². The van der Waals surface area contributed by atoms with Crippen LogP contribution in [0.2, 0.25) is 5.15 Å². The number of nitrogens with zero attached hydrogens (tertiary/aromatic N) is 2. The van der Waals surface area contributed by atoms with Crippen molar-refractivity contribution in [1.29, 1.82) is 0 Å². The molecule has 1 saturated heterocycles. The first-order valence-electron chi connectivity index (χ1n) is 5.53. The van der Waals surface area contributed by atoms with Gasteiger partial charge in [0.15, 0.2) is 0 Å². The first-order valence-corrected chi connectivity index (χ1v) is 7.06. The fourth-order valence-corrected chi connectivity index (χ4v) is 3.35. The molecule has 1 fully saturated rings. The molecule has 0 aliphatic carbocycles. The van der Waals surface area contributed by atoms with E-state index in [1.807, 2.05) is 11.8 Å². The SMILES string of the molecule is CC(C)c1c(Cl)ncnc1NC1CCSC1. The fraction of sp³-hybridized carbons (Fsp3) is 0.636. The second-order valence-electron chi connectivity index (χ2n) is 4.29. The second-order valence-corrected chi connectivity index (χ2v) is 5.79. The van der Waals surface area contributed by atoms with E-state index in [0.29, 0.717) is 17.1 Å². The van der Waals surface area contributed by atoms with Gasteiger partial charge in [0.25, 0.3) is 0 Å². The molecule has 0 amide bonds. The highest BCUT2D eigenvalue weighted by molar-refractivity contribution is 7.99. The van der Waals surface area contributed by atoms with E-state index in [4.69, 9.17) is 11.6 Å². The smallest absolute Gasteiger partial charge is 0.138 e. The lowest BCUT2D eigenvalue weighted by molar-refractivity contribution is 0.786. The van der Waals surface area contributed by atoms with E-state index >= 15 is 0 Å². The number of rotatable bonds is 3. The minimum Gasteiger partial charge on any atom is -0.366 e. The molecule has 0 radical (unpaired) electrons. The minimum atomic E-state index is 0.338. The van der Waals surface area contributed by atoms with Crippen LogP contribution in [0.25, 0.3) is 0 Å². The zero-order valence-corrected chi connectivity index (χ0v) is 11.1. The molecular formula is C11H16ClN3S. The van der Waals surface area contributed by atoms with Crippen LogP contribution in [-0.2, 0) is 0 Å². The van der Waals surface area contributed by atoms with E-state index in [9.17, 15) is 0 Å².